The topological polar surface area (TPSA) is 12.0 Å². The van der Waals surface area contributed by atoms with E-state index in [1.165, 1.54) is 77.9 Å². The van der Waals surface area contributed by atoms with Crippen LogP contribution in [-0.2, 0) is 10.8 Å². The summed E-state index contributed by atoms with van der Waals surface area (Å²) in [7, 11) is 0. The Morgan fingerprint density at radius 2 is 0.830 bits per heavy atom. The SMILES string of the molecule is CC1(C)c2ccccc2-c2ccc(Nc3ccc(-c4cccc5c4-c4ccccc4C54c5ccccc5-c5ccccc54)cc3)cc21. The lowest BCUT2D eigenvalue weighted by Gasteiger charge is -2.30. The van der Waals surface area contributed by atoms with E-state index in [9.17, 15) is 0 Å². The zero-order chi connectivity index (χ0) is 31.3. The summed E-state index contributed by atoms with van der Waals surface area (Å²) in [4.78, 5) is 0. The van der Waals surface area contributed by atoms with Crippen LogP contribution in [0.4, 0.5) is 11.4 Å². The summed E-state index contributed by atoms with van der Waals surface area (Å²) in [6.07, 6.45) is 0. The highest BCUT2D eigenvalue weighted by Gasteiger charge is 2.51. The zero-order valence-electron chi connectivity index (χ0n) is 26.5. The van der Waals surface area contributed by atoms with E-state index in [2.05, 4.69) is 177 Å². The van der Waals surface area contributed by atoms with Gasteiger partial charge in [-0.3, -0.25) is 0 Å². The van der Waals surface area contributed by atoms with Gasteiger partial charge in [0.1, 0.15) is 0 Å². The van der Waals surface area contributed by atoms with Crippen molar-refractivity contribution in [1.29, 1.82) is 0 Å². The summed E-state index contributed by atoms with van der Waals surface area (Å²) in [5.41, 5.74) is 20.7. The molecule has 0 atom stereocenters. The van der Waals surface area contributed by atoms with Gasteiger partial charge in [-0.05, 0) is 102 Å². The summed E-state index contributed by atoms with van der Waals surface area (Å²) in [5.74, 6) is 0. The normalized spacial score (nSPS) is 14.9. The first-order valence-electron chi connectivity index (χ1n) is 16.6. The highest BCUT2D eigenvalue weighted by atomic mass is 14.9. The van der Waals surface area contributed by atoms with Crippen LogP contribution in [-0.4, -0.2) is 0 Å². The van der Waals surface area contributed by atoms with Crippen molar-refractivity contribution < 1.29 is 0 Å². The molecule has 1 spiro atoms. The molecule has 0 saturated heterocycles. The van der Waals surface area contributed by atoms with Gasteiger partial charge in [-0.2, -0.15) is 0 Å². The molecule has 0 aliphatic heterocycles. The maximum Gasteiger partial charge on any atom is 0.0725 e. The number of nitrogens with one attached hydrogen (secondary N) is 1. The Labute approximate surface area is 276 Å². The lowest BCUT2D eigenvalue weighted by atomic mass is 9.70. The molecule has 0 amide bonds. The number of anilines is 2. The lowest BCUT2D eigenvalue weighted by molar-refractivity contribution is 0.660. The Kier molecular flexibility index (Phi) is 5.33. The van der Waals surface area contributed by atoms with Gasteiger partial charge < -0.3 is 5.32 Å². The van der Waals surface area contributed by atoms with Gasteiger partial charge in [0.2, 0.25) is 0 Å². The Balaban J connectivity index is 1.06. The van der Waals surface area contributed by atoms with Crippen LogP contribution in [0, 0.1) is 0 Å². The van der Waals surface area contributed by atoms with Gasteiger partial charge in [-0.1, -0.05) is 147 Å². The van der Waals surface area contributed by atoms with Crippen molar-refractivity contribution in [2.75, 3.05) is 5.32 Å². The molecule has 0 heterocycles. The van der Waals surface area contributed by atoms with Gasteiger partial charge in [0, 0.05) is 16.8 Å². The summed E-state index contributed by atoms with van der Waals surface area (Å²) in [5, 5.41) is 3.71. The van der Waals surface area contributed by atoms with Gasteiger partial charge in [0.25, 0.3) is 0 Å². The van der Waals surface area contributed by atoms with E-state index in [4.69, 9.17) is 0 Å². The molecular weight excluding hydrogens is 567 g/mol. The minimum Gasteiger partial charge on any atom is -0.356 e. The third-order valence-electron chi connectivity index (χ3n) is 11.1. The molecule has 1 N–H and O–H groups in total. The summed E-state index contributed by atoms with van der Waals surface area (Å²) in [6, 6.07) is 58.6. The van der Waals surface area contributed by atoms with Crippen LogP contribution in [0.2, 0.25) is 0 Å². The van der Waals surface area contributed by atoms with Gasteiger partial charge in [0.15, 0.2) is 0 Å². The van der Waals surface area contributed by atoms with Crippen molar-refractivity contribution in [3.8, 4) is 44.5 Å². The van der Waals surface area contributed by atoms with E-state index in [-0.39, 0.29) is 10.8 Å². The molecule has 7 aromatic rings. The van der Waals surface area contributed by atoms with E-state index in [1.54, 1.807) is 0 Å². The van der Waals surface area contributed by atoms with Crippen LogP contribution in [0.3, 0.4) is 0 Å². The molecule has 0 unspecified atom stereocenters. The molecule has 0 radical (unpaired) electrons. The standard InChI is InChI=1S/C46H33N/c1-45(2)38-17-7-3-12-33(38)36-27-26-31(28-43(36)45)47-30-24-22-29(23-25-30)32-16-11-21-42-44(32)37-15-6-10-20-41(37)46(42)39-18-8-4-13-34(39)35-14-5-9-19-40(35)46/h3-28,47H,1-2H3. The first kappa shape index (κ1) is 26.5. The van der Waals surface area contributed by atoms with Gasteiger partial charge in [-0.25, -0.2) is 0 Å². The van der Waals surface area contributed by atoms with Gasteiger partial charge in [0.05, 0.1) is 5.41 Å². The van der Waals surface area contributed by atoms with Gasteiger partial charge >= 0.3 is 0 Å². The average Bonchev–Trinajstić information content (AvgIpc) is 3.68. The van der Waals surface area contributed by atoms with Crippen LogP contribution >= 0.6 is 0 Å². The second-order valence-corrected chi connectivity index (χ2v) is 13.7. The van der Waals surface area contributed by atoms with E-state index in [0.29, 0.717) is 0 Å². The smallest absolute Gasteiger partial charge is 0.0725 e. The first-order valence-corrected chi connectivity index (χ1v) is 16.6. The number of fused-ring (bicyclic) bond motifs is 13. The monoisotopic (exact) mass is 599 g/mol. The minimum atomic E-state index is -0.322. The summed E-state index contributed by atoms with van der Waals surface area (Å²) >= 11 is 0. The molecule has 0 fully saturated rings. The molecule has 0 saturated carbocycles. The fraction of sp³-hybridized carbons (Fsp3) is 0.0870. The molecule has 10 rings (SSSR count). The maximum absolute atomic E-state index is 3.71. The fourth-order valence-corrected chi connectivity index (χ4v) is 9.07. The average molecular weight is 600 g/mol. The highest BCUT2D eigenvalue weighted by Crippen LogP contribution is 2.63. The summed E-state index contributed by atoms with van der Waals surface area (Å²) < 4.78 is 0. The number of benzene rings is 7. The third kappa shape index (κ3) is 3.44. The zero-order valence-corrected chi connectivity index (χ0v) is 26.5. The second kappa shape index (κ2) is 9.44. The Bertz CT molecular complexity index is 2360. The van der Waals surface area contributed by atoms with E-state index in [1.807, 2.05) is 0 Å². The molecule has 3 aliphatic carbocycles. The summed E-state index contributed by atoms with van der Waals surface area (Å²) in [6.45, 7) is 4.67. The van der Waals surface area contributed by atoms with Gasteiger partial charge in [-0.15, -0.1) is 0 Å². The van der Waals surface area contributed by atoms with E-state index in [0.717, 1.165) is 11.4 Å². The second-order valence-electron chi connectivity index (χ2n) is 13.7. The Morgan fingerprint density at radius 1 is 0.362 bits per heavy atom. The van der Waals surface area contributed by atoms with E-state index >= 15 is 0 Å². The van der Waals surface area contributed by atoms with Crippen molar-refractivity contribution in [1.82, 2.24) is 0 Å². The fourth-order valence-electron chi connectivity index (χ4n) is 9.07. The lowest BCUT2D eigenvalue weighted by Crippen LogP contribution is -2.25. The van der Waals surface area contributed by atoms with Crippen molar-refractivity contribution in [3.63, 3.8) is 0 Å². The molecule has 1 heteroatoms. The molecule has 1 nitrogen and oxygen atoms in total. The van der Waals surface area contributed by atoms with Crippen LogP contribution in [0.1, 0.15) is 47.2 Å². The Hall–Kier alpha value is -5.66. The van der Waals surface area contributed by atoms with Crippen molar-refractivity contribution in [2.24, 2.45) is 0 Å². The molecule has 47 heavy (non-hydrogen) atoms. The van der Waals surface area contributed by atoms with Crippen LogP contribution in [0.25, 0.3) is 44.5 Å². The molecule has 3 aliphatic rings. The Morgan fingerprint density at radius 3 is 1.49 bits per heavy atom. The highest BCUT2D eigenvalue weighted by molar-refractivity contribution is 6.00. The first-order chi connectivity index (χ1) is 23.1. The predicted molar refractivity (Wildman–Crippen MR) is 195 cm³/mol. The molecule has 0 bridgehead atoms. The quantitative estimate of drug-likeness (QED) is 0.213. The van der Waals surface area contributed by atoms with E-state index < -0.39 is 0 Å². The number of hydrogen-bond acceptors (Lipinski definition) is 1. The van der Waals surface area contributed by atoms with Crippen molar-refractivity contribution in [2.45, 2.75) is 24.7 Å². The third-order valence-corrected chi connectivity index (χ3v) is 11.1. The van der Waals surface area contributed by atoms with Crippen LogP contribution < -0.4 is 5.32 Å². The van der Waals surface area contributed by atoms with Crippen LogP contribution in [0.5, 0.6) is 0 Å². The number of hydrogen-bond donors (Lipinski definition) is 1. The van der Waals surface area contributed by atoms with Crippen molar-refractivity contribution >= 4 is 11.4 Å². The van der Waals surface area contributed by atoms with Crippen LogP contribution in [0.15, 0.2) is 158 Å². The predicted octanol–water partition coefficient (Wildman–Crippen LogP) is 11.7. The molecular formula is C46H33N. The van der Waals surface area contributed by atoms with Crippen molar-refractivity contribution in [3.05, 3.63) is 191 Å². The minimum absolute atomic E-state index is 0.0187. The molecule has 7 aromatic carbocycles. The molecule has 222 valence electrons. The number of rotatable bonds is 3. The molecule has 0 aromatic heterocycles. The largest absolute Gasteiger partial charge is 0.356 e. The maximum atomic E-state index is 3.71.